The number of hydrogen-bond acceptors (Lipinski definition) is 5. The second-order valence-electron chi connectivity index (χ2n) is 5.05. The second-order valence-corrected chi connectivity index (χ2v) is 8.11. The first-order valence-electron chi connectivity index (χ1n) is 7.00. The number of thiophene rings is 1. The summed E-state index contributed by atoms with van der Waals surface area (Å²) in [7, 11) is -2.03. The molecule has 0 N–H and O–H groups in total. The van der Waals surface area contributed by atoms with Gasteiger partial charge < -0.3 is 9.47 Å². The molecule has 0 bridgehead atoms. The monoisotopic (exact) mass is 373 g/mol. The predicted octanol–water partition coefficient (Wildman–Crippen LogP) is 3.17. The Kier molecular flexibility index (Phi) is 4.93. The van der Waals surface area contributed by atoms with E-state index in [1.807, 2.05) is 24.3 Å². The van der Waals surface area contributed by atoms with Crippen LogP contribution in [0, 0.1) is 0 Å². The van der Waals surface area contributed by atoms with Crippen molar-refractivity contribution < 1.29 is 17.9 Å². The zero-order chi connectivity index (χ0) is 16.4. The molecule has 1 atom stereocenters. The first-order valence-corrected chi connectivity index (χ1v) is 9.76. The van der Waals surface area contributed by atoms with E-state index in [0.717, 1.165) is 5.56 Å². The molecule has 2 aromatic rings. The van der Waals surface area contributed by atoms with Crippen LogP contribution < -0.4 is 4.74 Å². The lowest BCUT2D eigenvalue weighted by atomic mass is 10.1. The van der Waals surface area contributed by atoms with Gasteiger partial charge in [0.05, 0.1) is 24.8 Å². The van der Waals surface area contributed by atoms with Crippen molar-refractivity contribution in [3.8, 4) is 5.75 Å². The van der Waals surface area contributed by atoms with Gasteiger partial charge >= 0.3 is 0 Å². The highest BCUT2D eigenvalue weighted by Crippen LogP contribution is 2.34. The number of rotatable bonds is 4. The molecule has 1 aliphatic rings. The Labute approximate surface area is 144 Å². The molecule has 8 heteroatoms. The first-order chi connectivity index (χ1) is 11.0. The summed E-state index contributed by atoms with van der Waals surface area (Å²) in [6.07, 6.45) is -0.368. The Morgan fingerprint density at radius 1 is 1.35 bits per heavy atom. The van der Waals surface area contributed by atoms with E-state index in [1.54, 1.807) is 17.9 Å². The van der Waals surface area contributed by atoms with Gasteiger partial charge in [-0.15, -0.1) is 11.3 Å². The van der Waals surface area contributed by atoms with Gasteiger partial charge in [0.1, 0.15) is 10.6 Å². The van der Waals surface area contributed by atoms with Crippen molar-refractivity contribution in [3.05, 3.63) is 45.6 Å². The zero-order valence-electron chi connectivity index (χ0n) is 12.4. The highest BCUT2D eigenvalue weighted by Gasteiger charge is 2.34. The average Bonchev–Trinajstić information content (AvgIpc) is 3.02. The molecule has 0 saturated carbocycles. The van der Waals surface area contributed by atoms with Gasteiger partial charge in [-0.1, -0.05) is 29.8 Å². The highest BCUT2D eigenvalue weighted by atomic mass is 35.5. The molecule has 5 nitrogen and oxygen atoms in total. The first kappa shape index (κ1) is 16.7. The van der Waals surface area contributed by atoms with Gasteiger partial charge in [-0.2, -0.15) is 4.31 Å². The van der Waals surface area contributed by atoms with Crippen molar-refractivity contribution in [3.63, 3.8) is 0 Å². The van der Waals surface area contributed by atoms with Crippen molar-refractivity contribution in [2.75, 3.05) is 26.8 Å². The van der Waals surface area contributed by atoms with E-state index in [4.69, 9.17) is 21.1 Å². The Balaban J connectivity index is 1.88. The third kappa shape index (κ3) is 3.25. The third-order valence-corrected chi connectivity index (χ3v) is 7.07. The Bertz CT molecular complexity index is 790. The van der Waals surface area contributed by atoms with Crippen LogP contribution in [0.1, 0.15) is 11.7 Å². The van der Waals surface area contributed by atoms with Crippen molar-refractivity contribution in [2.24, 2.45) is 0 Å². The molecular weight excluding hydrogens is 358 g/mol. The van der Waals surface area contributed by atoms with Crippen LogP contribution in [-0.4, -0.2) is 39.5 Å². The van der Waals surface area contributed by atoms with Crippen molar-refractivity contribution in [1.29, 1.82) is 0 Å². The normalized spacial score (nSPS) is 19.7. The van der Waals surface area contributed by atoms with E-state index in [2.05, 4.69) is 0 Å². The highest BCUT2D eigenvalue weighted by molar-refractivity contribution is 7.89. The van der Waals surface area contributed by atoms with E-state index in [1.165, 1.54) is 15.6 Å². The van der Waals surface area contributed by atoms with Crippen LogP contribution in [0.4, 0.5) is 0 Å². The molecule has 0 spiro atoms. The Morgan fingerprint density at radius 2 is 2.13 bits per heavy atom. The quantitative estimate of drug-likeness (QED) is 0.826. The number of ether oxygens (including phenoxy) is 2. The van der Waals surface area contributed by atoms with Gasteiger partial charge in [-0.3, -0.25) is 0 Å². The van der Waals surface area contributed by atoms with E-state index in [0.29, 0.717) is 18.9 Å². The summed E-state index contributed by atoms with van der Waals surface area (Å²) in [4.78, 5) is 0.157. The molecule has 23 heavy (non-hydrogen) atoms. The number of sulfonamides is 1. The molecule has 0 radical (unpaired) electrons. The van der Waals surface area contributed by atoms with Gasteiger partial charge in [0.25, 0.3) is 0 Å². The summed E-state index contributed by atoms with van der Waals surface area (Å²) in [5.74, 6) is 0.685. The lowest BCUT2D eigenvalue weighted by Crippen LogP contribution is -2.42. The number of benzene rings is 1. The summed E-state index contributed by atoms with van der Waals surface area (Å²) in [5.41, 5.74) is 0.839. The van der Waals surface area contributed by atoms with Crippen molar-refractivity contribution >= 4 is 33.0 Å². The smallest absolute Gasteiger partial charge is 0.245 e. The molecule has 124 valence electrons. The van der Waals surface area contributed by atoms with E-state index >= 15 is 0 Å². The molecule has 1 aromatic heterocycles. The maximum Gasteiger partial charge on any atom is 0.245 e. The van der Waals surface area contributed by atoms with Gasteiger partial charge in [0, 0.05) is 29.4 Å². The van der Waals surface area contributed by atoms with E-state index in [-0.39, 0.29) is 22.6 Å². The fraction of sp³-hybridized carbons (Fsp3) is 0.333. The fourth-order valence-corrected chi connectivity index (χ4v) is 5.65. The largest absolute Gasteiger partial charge is 0.496 e. The number of halogens is 1. The summed E-state index contributed by atoms with van der Waals surface area (Å²) in [6.45, 7) is 0.860. The van der Waals surface area contributed by atoms with Crippen LogP contribution in [0.3, 0.4) is 0 Å². The standard InChI is InChI=1S/C15H16ClNO4S2/c1-20-13-5-3-2-4-11(13)14-8-17(6-7-21-14)23(18,19)15-10-22-9-12(15)16/h2-5,9-10,14H,6-8H2,1H3. The molecule has 2 heterocycles. The van der Waals surface area contributed by atoms with Gasteiger partial charge in [-0.25, -0.2) is 8.42 Å². The molecular formula is C15H16ClNO4S2. The van der Waals surface area contributed by atoms with Crippen LogP contribution in [0.15, 0.2) is 39.9 Å². The molecule has 0 aliphatic carbocycles. The minimum absolute atomic E-state index is 0.157. The third-order valence-electron chi connectivity index (χ3n) is 3.71. The maximum atomic E-state index is 12.8. The molecule has 1 aromatic carbocycles. The van der Waals surface area contributed by atoms with Crippen molar-refractivity contribution in [2.45, 2.75) is 11.0 Å². The number of hydrogen-bond donors (Lipinski definition) is 0. The Hall–Kier alpha value is -1.12. The van der Waals surface area contributed by atoms with Crippen LogP contribution in [0.5, 0.6) is 5.75 Å². The van der Waals surface area contributed by atoms with Crippen LogP contribution in [0.2, 0.25) is 5.02 Å². The predicted molar refractivity (Wildman–Crippen MR) is 89.8 cm³/mol. The van der Waals surface area contributed by atoms with E-state index in [9.17, 15) is 8.42 Å². The molecule has 1 fully saturated rings. The van der Waals surface area contributed by atoms with Crippen molar-refractivity contribution in [1.82, 2.24) is 4.31 Å². The fourth-order valence-electron chi connectivity index (χ4n) is 2.56. The maximum absolute atomic E-state index is 12.8. The van der Waals surface area contributed by atoms with E-state index < -0.39 is 10.0 Å². The molecule has 0 amide bonds. The van der Waals surface area contributed by atoms with Gasteiger partial charge in [0.2, 0.25) is 10.0 Å². The van der Waals surface area contributed by atoms with Gasteiger partial charge in [-0.05, 0) is 6.07 Å². The number of morpholine rings is 1. The SMILES string of the molecule is COc1ccccc1C1CN(S(=O)(=O)c2cscc2Cl)CCO1. The zero-order valence-corrected chi connectivity index (χ0v) is 14.8. The van der Waals surface area contributed by atoms with Crippen LogP contribution >= 0.6 is 22.9 Å². The summed E-state index contributed by atoms with van der Waals surface area (Å²) in [5, 5.41) is 3.44. The molecule has 1 aliphatic heterocycles. The number of nitrogens with zero attached hydrogens (tertiary/aromatic N) is 1. The average molecular weight is 374 g/mol. The molecule has 1 unspecified atom stereocenters. The lowest BCUT2D eigenvalue weighted by molar-refractivity contribution is -0.00371. The lowest BCUT2D eigenvalue weighted by Gasteiger charge is -2.32. The number of methoxy groups -OCH3 is 1. The molecule has 3 rings (SSSR count). The Morgan fingerprint density at radius 3 is 2.83 bits per heavy atom. The summed E-state index contributed by atoms with van der Waals surface area (Å²) >= 11 is 7.27. The minimum Gasteiger partial charge on any atom is -0.496 e. The summed E-state index contributed by atoms with van der Waals surface area (Å²) in [6, 6.07) is 7.47. The van der Waals surface area contributed by atoms with Gasteiger partial charge in [0.15, 0.2) is 0 Å². The topological polar surface area (TPSA) is 55.8 Å². The van der Waals surface area contributed by atoms with Crippen LogP contribution in [-0.2, 0) is 14.8 Å². The summed E-state index contributed by atoms with van der Waals surface area (Å²) < 4.78 is 38.0. The minimum atomic E-state index is -3.62. The molecule has 1 saturated heterocycles. The second kappa shape index (κ2) is 6.78. The number of para-hydroxylation sites is 1. The van der Waals surface area contributed by atoms with Crippen LogP contribution in [0.25, 0.3) is 0 Å².